The summed E-state index contributed by atoms with van der Waals surface area (Å²) in [6.07, 6.45) is 11.7. The molecule has 2 aromatic rings. The van der Waals surface area contributed by atoms with E-state index in [4.69, 9.17) is 13.9 Å². The van der Waals surface area contributed by atoms with Gasteiger partial charge in [0.1, 0.15) is 23.3 Å². The monoisotopic (exact) mass is 412 g/mol. The lowest BCUT2D eigenvalue weighted by atomic mass is 10.1. The van der Waals surface area contributed by atoms with Crippen LogP contribution in [0.5, 0.6) is 17.2 Å². The Morgan fingerprint density at radius 2 is 1.87 bits per heavy atom. The quantitative estimate of drug-likeness (QED) is 0.266. The first kappa shape index (κ1) is 23.3. The summed E-state index contributed by atoms with van der Waals surface area (Å²) >= 11 is 0. The zero-order valence-corrected chi connectivity index (χ0v) is 18.4. The van der Waals surface area contributed by atoms with E-state index < -0.39 is 5.63 Å². The van der Waals surface area contributed by atoms with Gasteiger partial charge in [-0.05, 0) is 64.7 Å². The smallest absolute Gasteiger partial charge is 0.383 e. The number of phenols is 1. The molecule has 0 radical (unpaired) electrons. The van der Waals surface area contributed by atoms with Gasteiger partial charge in [0.15, 0.2) is 5.75 Å². The second kappa shape index (κ2) is 11.9. The third-order valence-electron chi connectivity index (χ3n) is 4.51. The van der Waals surface area contributed by atoms with Crippen molar-refractivity contribution in [1.82, 2.24) is 0 Å². The number of hydrogen-bond donors (Lipinski definition) is 1. The van der Waals surface area contributed by atoms with Gasteiger partial charge >= 0.3 is 5.63 Å². The molecule has 0 amide bonds. The van der Waals surface area contributed by atoms with E-state index >= 15 is 0 Å². The number of hydrogen-bond acceptors (Lipinski definition) is 5. The lowest BCUT2D eigenvalue weighted by Gasteiger charge is -2.13. The maximum Gasteiger partial charge on any atom is 0.383 e. The van der Waals surface area contributed by atoms with Crippen molar-refractivity contribution in [2.45, 2.75) is 53.4 Å². The van der Waals surface area contributed by atoms with Gasteiger partial charge in [-0.2, -0.15) is 0 Å². The molecule has 0 aliphatic carbocycles. The molecule has 5 nitrogen and oxygen atoms in total. The highest BCUT2D eigenvalue weighted by Crippen LogP contribution is 2.38. The Morgan fingerprint density at radius 1 is 1.07 bits per heavy atom. The van der Waals surface area contributed by atoms with Crippen molar-refractivity contribution in [3.8, 4) is 17.2 Å². The van der Waals surface area contributed by atoms with E-state index in [1.54, 1.807) is 12.1 Å². The average Bonchev–Trinajstić information content (AvgIpc) is 2.69. The molecule has 162 valence electrons. The zero-order valence-electron chi connectivity index (χ0n) is 18.4. The minimum absolute atomic E-state index is 0.0168. The molecule has 1 aromatic carbocycles. The molecule has 1 aromatic heterocycles. The van der Waals surface area contributed by atoms with Gasteiger partial charge in [-0.3, -0.25) is 0 Å². The van der Waals surface area contributed by atoms with Crippen LogP contribution < -0.4 is 15.1 Å². The summed E-state index contributed by atoms with van der Waals surface area (Å²) in [5.74, 6) is 0.185. The molecule has 30 heavy (non-hydrogen) atoms. The van der Waals surface area contributed by atoms with Crippen LogP contribution in [-0.4, -0.2) is 18.3 Å². The summed E-state index contributed by atoms with van der Waals surface area (Å²) in [5.41, 5.74) is 2.11. The Morgan fingerprint density at radius 3 is 2.60 bits per heavy atom. The third-order valence-corrected chi connectivity index (χ3v) is 4.51. The maximum absolute atomic E-state index is 12.5. The first-order valence-corrected chi connectivity index (χ1v) is 10.4. The van der Waals surface area contributed by atoms with Crippen molar-refractivity contribution in [2.75, 3.05) is 13.2 Å². The fourth-order valence-electron chi connectivity index (χ4n) is 2.92. The fraction of sp³-hybridized carbons (Fsp3) is 0.400. The van der Waals surface area contributed by atoms with E-state index in [-0.39, 0.29) is 29.4 Å². The summed E-state index contributed by atoms with van der Waals surface area (Å²) < 4.78 is 17.0. The first-order valence-electron chi connectivity index (χ1n) is 10.4. The molecular formula is C25H32O5. The Hall–Kier alpha value is -2.95. The molecular weight excluding hydrogens is 380 g/mol. The SMILES string of the molecule is CCC=CCCOc1c(OC/C=C(\C)CCC=C(C)C)c(=O)oc2cccc(O)c12. The van der Waals surface area contributed by atoms with Crippen molar-refractivity contribution < 1.29 is 19.0 Å². The largest absolute Gasteiger partial charge is 0.507 e. The fourth-order valence-corrected chi connectivity index (χ4v) is 2.92. The summed E-state index contributed by atoms with van der Waals surface area (Å²) in [4.78, 5) is 12.5. The second-order valence-electron chi connectivity index (χ2n) is 7.40. The Bertz CT molecular complexity index is 975. The number of rotatable bonds is 11. The molecule has 0 spiro atoms. The molecule has 0 bridgehead atoms. The van der Waals surface area contributed by atoms with Crippen molar-refractivity contribution in [1.29, 1.82) is 0 Å². The van der Waals surface area contributed by atoms with Gasteiger partial charge in [0, 0.05) is 0 Å². The van der Waals surface area contributed by atoms with E-state index in [1.807, 2.05) is 19.1 Å². The van der Waals surface area contributed by atoms with Gasteiger partial charge < -0.3 is 19.0 Å². The predicted molar refractivity (Wildman–Crippen MR) is 122 cm³/mol. The van der Waals surface area contributed by atoms with Gasteiger partial charge in [-0.25, -0.2) is 4.79 Å². The van der Waals surface area contributed by atoms with Crippen molar-refractivity contribution in [2.24, 2.45) is 0 Å². The molecule has 0 aliphatic rings. The van der Waals surface area contributed by atoms with E-state index in [0.717, 1.165) is 19.3 Å². The van der Waals surface area contributed by atoms with Gasteiger partial charge in [0.25, 0.3) is 0 Å². The van der Waals surface area contributed by atoms with Crippen LogP contribution in [0, 0.1) is 0 Å². The summed E-state index contributed by atoms with van der Waals surface area (Å²) in [6.45, 7) is 8.83. The van der Waals surface area contributed by atoms with Crippen molar-refractivity contribution in [3.63, 3.8) is 0 Å². The van der Waals surface area contributed by atoms with Gasteiger partial charge in [-0.1, -0.05) is 42.4 Å². The van der Waals surface area contributed by atoms with Crippen LogP contribution in [0.25, 0.3) is 11.0 Å². The molecule has 0 unspecified atom stereocenters. The zero-order chi connectivity index (χ0) is 21.9. The summed E-state index contributed by atoms with van der Waals surface area (Å²) in [6, 6.07) is 4.77. The molecule has 1 heterocycles. The minimum atomic E-state index is -0.622. The average molecular weight is 413 g/mol. The molecule has 2 rings (SSSR count). The highest BCUT2D eigenvalue weighted by molar-refractivity contribution is 5.91. The highest BCUT2D eigenvalue weighted by atomic mass is 16.5. The molecule has 0 fully saturated rings. The van der Waals surface area contributed by atoms with Crippen molar-refractivity contribution >= 4 is 11.0 Å². The maximum atomic E-state index is 12.5. The van der Waals surface area contributed by atoms with E-state index in [0.29, 0.717) is 18.4 Å². The number of fused-ring (bicyclic) bond motifs is 1. The van der Waals surface area contributed by atoms with Crippen LogP contribution in [0.1, 0.15) is 53.4 Å². The van der Waals surface area contributed by atoms with Crippen LogP contribution in [-0.2, 0) is 0 Å². The number of phenolic OH excluding ortho intramolecular Hbond substituents is 1. The summed E-state index contributed by atoms with van der Waals surface area (Å²) in [7, 11) is 0. The molecule has 0 atom stereocenters. The lowest BCUT2D eigenvalue weighted by molar-refractivity contribution is 0.279. The summed E-state index contributed by atoms with van der Waals surface area (Å²) in [5, 5.41) is 10.7. The van der Waals surface area contributed by atoms with E-state index in [1.165, 1.54) is 17.2 Å². The van der Waals surface area contributed by atoms with E-state index in [9.17, 15) is 9.90 Å². The van der Waals surface area contributed by atoms with Gasteiger partial charge in [-0.15, -0.1) is 0 Å². The number of allylic oxidation sites excluding steroid dienone is 4. The topological polar surface area (TPSA) is 68.9 Å². The minimum Gasteiger partial charge on any atom is -0.507 e. The van der Waals surface area contributed by atoms with Crippen LogP contribution in [0.2, 0.25) is 0 Å². The van der Waals surface area contributed by atoms with Crippen LogP contribution in [0.4, 0.5) is 0 Å². The van der Waals surface area contributed by atoms with Gasteiger partial charge in [0.2, 0.25) is 5.75 Å². The molecule has 5 heteroatoms. The molecule has 0 saturated heterocycles. The van der Waals surface area contributed by atoms with Crippen LogP contribution in [0.15, 0.2) is 62.9 Å². The normalized spacial score (nSPS) is 11.8. The Kier molecular flexibility index (Phi) is 9.26. The van der Waals surface area contributed by atoms with Crippen LogP contribution >= 0.6 is 0 Å². The predicted octanol–water partition coefficient (Wildman–Crippen LogP) is 6.31. The molecule has 0 aliphatic heterocycles. The number of ether oxygens (including phenoxy) is 2. The van der Waals surface area contributed by atoms with E-state index in [2.05, 4.69) is 32.9 Å². The number of benzene rings is 1. The Labute approximate surface area is 178 Å². The van der Waals surface area contributed by atoms with Crippen molar-refractivity contribution in [3.05, 3.63) is 64.1 Å². The third kappa shape index (κ3) is 6.83. The lowest BCUT2D eigenvalue weighted by Crippen LogP contribution is -2.11. The Balaban J connectivity index is 2.24. The standard InChI is InChI=1S/C25H32O5/c1-5-6-7-8-16-28-23-22-20(26)13-10-14-21(22)30-25(27)24(23)29-17-15-19(4)12-9-11-18(2)3/h6-7,10-11,13-15,26H,5,8-9,12,16-17H2,1-4H3/b7-6?,19-15+. The highest BCUT2D eigenvalue weighted by Gasteiger charge is 2.20. The first-order chi connectivity index (χ1) is 14.4. The molecule has 1 N–H and O–H groups in total. The molecule has 0 saturated carbocycles. The second-order valence-corrected chi connectivity index (χ2v) is 7.40. The van der Waals surface area contributed by atoms with Gasteiger partial charge in [0.05, 0.1) is 6.61 Å². The van der Waals surface area contributed by atoms with Crippen LogP contribution in [0.3, 0.4) is 0 Å². The number of aromatic hydroxyl groups is 1.